The van der Waals surface area contributed by atoms with Gasteiger partial charge in [0.05, 0.1) is 6.57 Å². The molecule has 56 valence electrons. The highest BCUT2D eigenvalue weighted by atomic mass is 14.6. The fraction of sp³-hybridized carbons (Fsp3) is 0.222. The molecule has 2 N–H and O–H groups in total. The molecular formula is C9H10N2. The molecule has 0 aliphatic carbocycles. The van der Waals surface area contributed by atoms with Crippen molar-refractivity contribution in [3.05, 3.63) is 41.2 Å². The van der Waals surface area contributed by atoms with Crippen LogP contribution in [0.3, 0.4) is 0 Å². The molecule has 0 aliphatic heterocycles. The Kier molecular flexibility index (Phi) is 2.65. The molecule has 1 rings (SSSR count). The Morgan fingerprint density at radius 2 is 1.91 bits per heavy atom. The Morgan fingerprint density at radius 3 is 2.36 bits per heavy atom. The highest BCUT2D eigenvalue weighted by Gasteiger charge is 1.90. The van der Waals surface area contributed by atoms with Gasteiger partial charge in [0.25, 0.3) is 0 Å². The zero-order valence-electron chi connectivity index (χ0n) is 6.25. The Bertz CT molecular complexity index is 256. The number of benzene rings is 1. The first-order valence-electron chi connectivity index (χ1n) is 3.53. The summed E-state index contributed by atoms with van der Waals surface area (Å²) in [6.45, 7) is 7.38. The molecule has 0 amide bonds. The number of hydrogen-bond acceptors (Lipinski definition) is 1. The van der Waals surface area contributed by atoms with Crippen molar-refractivity contribution in [1.29, 1.82) is 0 Å². The molecule has 0 bridgehead atoms. The van der Waals surface area contributed by atoms with Crippen molar-refractivity contribution in [3.8, 4) is 0 Å². The van der Waals surface area contributed by atoms with Crippen LogP contribution in [0.4, 0.5) is 5.69 Å². The lowest BCUT2D eigenvalue weighted by atomic mass is 10.1. The number of rotatable bonds is 2. The first-order chi connectivity index (χ1) is 5.36. The Balaban J connectivity index is 2.76. The van der Waals surface area contributed by atoms with Crippen LogP contribution < -0.4 is 5.73 Å². The third kappa shape index (κ3) is 2.06. The lowest BCUT2D eigenvalue weighted by Gasteiger charge is -1.96. The van der Waals surface area contributed by atoms with Gasteiger partial charge in [0.1, 0.15) is 0 Å². The van der Waals surface area contributed by atoms with Crippen LogP contribution in [0.1, 0.15) is 5.56 Å². The second-order valence-corrected chi connectivity index (χ2v) is 2.32. The van der Waals surface area contributed by atoms with Gasteiger partial charge in [-0.25, -0.2) is 4.85 Å². The lowest BCUT2D eigenvalue weighted by molar-refractivity contribution is 0.969. The van der Waals surface area contributed by atoms with Crippen molar-refractivity contribution in [2.75, 3.05) is 6.54 Å². The van der Waals surface area contributed by atoms with Crippen molar-refractivity contribution in [2.24, 2.45) is 5.73 Å². The second kappa shape index (κ2) is 3.75. The molecule has 0 unspecified atom stereocenters. The van der Waals surface area contributed by atoms with Gasteiger partial charge in [-0.1, -0.05) is 24.3 Å². The minimum absolute atomic E-state index is 0.664. The third-order valence-corrected chi connectivity index (χ3v) is 1.50. The first kappa shape index (κ1) is 7.77. The van der Waals surface area contributed by atoms with Crippen LogP contribution in [-0.2, 0) is 6.42 Å². The minimum atomic E-state index is 0.664. The number of nitrogens with two attached hydrogens (primary N) is 1. The van der Waals surface area contributed by atoms with Gasteiger partial charge >= 0.3 is 0 Å². The topological polar surface area (TPSA) is 30.4 Å². The third-order valence-electron chi connectivity index (χ3n) is 1.50. The summed E-state index contributed by atoms with van der Waals surface area (Å²) >= 11 is 0. The van der Waals surface area contributed by atoms with Crippen LogP contribution in [0, 0.1) is 6.57 Å². The second-order valence-electron chi connectivity index (χ2n) is 2.32. The monoisotopic (exact) mass is 146 g/mol. The van der Waals surface area contributed by atoms with Crippen molar-refractivity contribution in [1.82, 2.24) is 0 Å². The zero-order chi connectivity index (χ0) is 8.10. The maximum Gasteiger partial charge on any atom is 0.187 e. The molecule has 0 heterocycles. The van der Waals surface area contributed by atoms with Crippen molar-refractivity contribution < 1.29 is 0 Å². The van der Waals surface area contributed by atoms with Gasteiger partial charge in [-0.15, -0.1) is 0 Å². The molecule has 0 saturated carbocycles. The van der Waals surface area contributed by atoms with Gasteiger partial charge in [-0.2, -0.15) is 0 Å². The predicted molar refractivity (Wildman–Crippen MR) is 45.5 cm³/mol. The van der Waals surface area contributed by atoms with Crippen LogP contribution in [0.25, 0.3) is 4.85 Å². The molecule has 0 spiro atoms. The van der Waals surface area contributed by atoms with Crippen LogP contribution in [-0.4, -0.2) is 6.54 Å². The number of nitrogens with zero attached hydrogens (tertiary/aromatic N) is 1. The van der Waals surface area contributed by atoms with E-state index < -0.39 is 0 Å². The fourth-order valence-electron chi connectivity index (χ4n) is 0.904. The van der Waals surface area contributed by atoms with E-state index in [4.69, 9.17) is 12.3 Å². The molecule has 0 aromatic heterocycles. The normalized spacial score (nSPS) is 9.09. The molecule has 2 heteroatoms. The Morgan fingerprint density at radius 1 is 1.27 bits per heavy atom. The van der Waals surface area contributed by atoms with Crippen LogP contribution in [0.5, 0.6) is 0 Å². The molecule has 0 atom stereocenters. The van der Waals surface area contributed by atoms with Gasteiger partial charge in [-0.05, 0) is 18.5 Å². The molecule has 0 aliphatic rings. The van der Waals surface area contributed by atoms with Gasteiger partial charge < -0.3 is 5.73 Å². The van der Waals surface area contributed by atoms with Gasteiger partial charge in [-0.3, -0.25) is 0 Å². The van der Waals surface area contributed by atoms with E-state index in [2.05, 4.69) is 4.85 Å². The van der Waals surface area contributed by atoms with Gasteiger partial charge in [0, 0.05) is 0 Å². The van der Waals surface area contributed by atoms with Crippen molar-refractivity contribution >= 4 is 5.69 Å². The first-order valence-corrected chi connectivity index (χ1v) is 3.53. The van der Waals surface area contributed by atoms with E-state index in [9.17, 15) is 0 Å². The summed E-state index contributed by atoms with van der Waals surface area (Å²) in [4.78, 5) is 3.29. The summed E-state index contributed by atoms with van der Waals surface area (Å²) in [7, 11) is 0. The predicted octanol–water partition coefficient (Wildman–Crippen LogP) is 1.74. The SMILES string of the molecule is [C-]#[N+]c1ccc(CCN)cc1. The van der Waals surface area contributed by atoms with Crippen LogP contribution in [0.15, 0.2) is 24.3 Å². The largest absolute Gasteiger partial charge is 0.330 e. The number of hydrogen-bond donors (Lipinski definition) is 1. The maximum atomic E-state index is 6.72. The average molecular weight is 146 g/mol. The van der Waals surface area contributed by atoms with E-state index in [1.165, 1.54) is 5.56 Å². The summed E-state index contributed by atoms with van der Waals surface area (Å²) < 4.78 is 0. The van der Waals surface area contributed by atoms with E-state index in [-0.39, 0.29) is 0 Å². The van der Waals surface area contributed by atoms with E-state index in [1.54, 1.807) is 0 Å². The molecule has 11 heavy (non-hydrogen) atoms. The zero-order valence-corrected chi connectivity index (χ0v) is 6.25. The lowest BCUT2D eigenvalue weighted by Crippen LogP contribution is -2.01. The van der Waals surface area contributed by atoms with E-state index in [1.807, 2.05) is 24.3 Å². The minimum Gasteiger partial charge on any atom is -0.330 e. The van der Waals surface area contributed by atoms with Crippen LogP contribution in [0.2, 0.25) is 0 Å². The van der Waals surface area contributed by atoms with Crippen molar-refractivity contribution in [3.63, 3.8) is 0 Å². The smallest absolute Gasteiger partial charge is 0.187 e. The summed E-state index contributed by atoms with van der Waals surface area (Å²) in [5, 5.41) is 0. The van der Waals surface area contributed by atoms with E-state index >= 15 is 0 Å². The van der Waals surface area contributed by atoms with Crippen LogP contribution >= 0.6 is 0 Å². The molecule has 0 saturated heterocycles. The van der Waals surface area contributed by atoms with Gasteiger partial charge in [0.2, 0.25) is 0 Å². The Hall–Kier alpha value is -1.33. The maximum absolute atomic E-state index is 6.72. The molecular weight excluding hydrogens is 136 g/mol. The quantitative estimate of drug-likeness (QED) is 0.633. The Labute approximate surface area is 66.5 Å². The van der Waals surface area contributed by atoms with Crippen molar-refractivity contribution in [2.45, 2.75) is 6.42 Å². The fourth-order valence-corrected chi connectivity index (χ4v) is 0.904. The van der Waals surface area contributed by atoms with E-state index in [0.29, 0.717) is 12.2 Å². The molecule has 0 fully saturated rings. The molecule has 1 aromatic rings. The van der Waals surface area contributed by atoms with E-state index in [0.717, 1.165) is 6.42 Å². The molecule has 1 aromatic carbocycles. The highest BCUT2D eigenvalue weighted by molar-refractivity contribution is 5.45. The molecule has 0 radical (unpaired) electrons. The standard InChI is InChI=1S/C9H10N2/c1-11-9-4-2-8(3-5-9)6-7-10/h2-5H,6-7,10H2. The summed E-state index contributed by atoms with van der Waals surface area (Å²) in [5.41, 5.74) is 7.25. The van der Waals surface area contributed by atoms with Gasteiger partial charge in [0.15, 0.2) is 5.69 Å². The highest BCUT2D eigenvalue weighted by Crippen LogP contribution is 2.12. The molecule has 2 nitrogen and oxygen atoms in total. The summed E-state index contributed by atoms with van der Waals surface area (Å²) in [6.07, 6.45) is 0.887. The summed E-state index contributed by atoms with van der Waals surface area (Å²) in [6, 6.07) is 7.52. The summed E-state index contributed by atoms with van der Waals surface area (Å²) in [5.74, 6) is 0. The average Bonchev–Trinajstić information content (AvgIpc) is 2.07.